The van der Waals surface area contributed by atoms with Crippen molar-refractivity contribution in [1.29, 1.82) is 0 Å². The average Bonchev–Trinajstić information content (AvgIpc) is 3.21. The van der Waals surface area contributed by atoms with Crippen LogP contribution in [-0.2, 0) is 17.8 Å². The van der Waals surface area contributed by atoms with Crippen molar-refractivity contribution in [2.75, 3.05) is 25.5 Å². The van der Waals surface area contributed by atoms with Gasteiger partial charge in [-0.1, -0.05) is 49.0 Å². The highest BCUT2D eigenvalue weighted by atomic mass is 16.3. The van der Waals surface area contributed by atoms with E-state index in [9.17, 15) is 4.91 Å². The number of benzene rings is 1. The highest BCUT2D eigenvalue weighted by Gasteiger charge is 2.22. The molecule has 3 rings (SSSR count). The summed E-state index contributed by atoms with van der Waals surface area (Å²) in [7, 11) is 1.85. The van der Waals surface area contributed by atoms with Crippen LogP contribution in [0.25, 0.3) is 17.1 Å². The summed E-state index contributed by atoms with van der Waals surface area (Å²) in [4.78, 5) is 28.0. The van der Waals surface area contributed by atoms with E-state index in [1.54, 1.807) is 0 Å². The molecule has 0 aliphatic heterocycles. The van der Waals surface area contributed by atoms with Crippen molar-refractivity contribution in [3.05, 3.63) is 76.6 Å². The number of aromatic nitrogens is 3. The van der Waals surface area contributed by atoms with E-state index in [1.807, 2.05) is 39.1 Å². The van der Waals surface area contributed by atoms with Gasteiger partial charge in [-0.05, 0) is 37.0 Å². The number of nitroso groups, excluding NO2 is 1. The first kappa shape index (κ1) is 25.5. The quantitative estimate of drug-likeness (QED) is 0.332. The van der Waals surface area contributed by atoms with Gasteiger partial charge in [0.15, 0.2) is 5.82 Å². The number of carbonyl (C=O) groups is 1. The lowest BCUT2D eigenvalue weighted by atomic mass is 10.0. The Kier molecular flexibility index (Phi) is 9.95. The Morgan fingerprint density at radius 3 is 2.58 bits per heavy atom. The number of carbonyl (C=O) groups excluding carboxylic acids is 1. The third-order valence-electron chi connectivity index (χ3n) is 5.21. The Balaban J connectivity index is 0.00000187. The van der Waals surface area contributed by atoms with E-state index in [-0.39, 0.29) is 6.54 Å². The van der Waals surface area contributed by atoms with Gasteiger partial charge in [0.05, 0.1) is 24.5 Å². The normalized spacial score (nSPS) is 10.2. The second-order valence-corrected chi connectivity index (χ2v) is 7.42. The number of aryl methyl sites for hydroxylation is 2. The van der Waals surface area contributed by atoms with Gasteiger partial charge in [-0.2, -0.15) is 4.91 Å². The zero-order chi connectivity index (χ0) is 24.2. The molecule has 0 bridgehead atoms. The maximum Gasteiger partial charge on any atom is 0.154 e. The fourth-order valence-corrected chi connectivity index (χ4v) is 3.51. The summed E-state index contributed by atoms with van der Waals surface area (Å²) in [5, 5.41) is 9.48. The number of hydrogen-bond acceptors (Lipinski definition) is 7. The third kappa shape index (κ3) is 6.35. The molecule has 33 heavy (non-hydrogen) atoms. The van der Waals surface area contributed by atoms with Crippen LogP contribution in [0.5, 0.6) is 0 Å². The molecule has 3 aromatic rings. The van der Waals surface area contributed by atoms with E-state index in [2.05, 4.69) is 63.1 Å². The van der Waals surface area contributed by atoms with E-state index in [4.69, 9.17) is 9.78 Å². The van der Waals surface area contributed by atoms with Gasteiger partial charge in [0.2, 0.25) is 0 Å². The largest absolute Gasteiger partial charge is 0.387 e. The second kappa shape index (κ2) is 12.9. The topological polar surface area (TPSA) is 101 Å². The molecule has 0 spiro atoms. The van der Waals surface area contributed by atoms with Crippen LogP contribution >= 0.6 is 0 Å². The van der Waals surface area contributed by atoms with Gasteiger partial charge >= 0.3 is 0 Å². The van der Waals surface area contributed by atoms with Crippen molar-refractivity contribution in [3.8, 4) is 11.4 Å². The van der Waals surface area contributed by atoms with Crippen LogP contribution in [0.15, 0.2) is 54.4 Å². The van der Waals surface area contributed by atoms with Gasteiger partial charge in [0.25, 0.3) is 0 Å². The first-order valence-electron chi connectivity index (χ1n) is 10.9. The molecular formula is C25H32N6O2. The van der Waals surface area contributed by atoms with Crippen molar-refractivity contribution in [3.63, 3.8) is 0 Å². The number of imidazole rings is 1. The average molecular weight is 449 g/mol. The lowest BCUT2D eigenvalue weighted by molar-refractivity contribution is -0.0979. The van der Waals surface area contributed by atoms with Crippen LogP contribution in [0.2, 0.25) is 0 Å². The van der Waals surface area contributed by atoms with Crippen molar-refractivity contribution in [1.82, 2.24) is 19.9 Å². The van der Waals surface area contributed by atoms with E-state index in [0.29, 0.717) is 19.5 Å². The predicted octanol–water partition coefficient (Wildman–Crippen LogP) is 4.44. The van der Waals surface area contributed by atoms with Gasteiger partial charge < -0.3 is 20.0 Å². The molecule has 2 heterocycles. The van der Waals surface area contributed by atoms with Gasteiger partial charge in [0, 0.05) is 25.4 Å². The Morgan fingerprint density at radius 1 is 1.18 bits per heavy atom. The maximum absolute atomic E-state index is 10.5. The first-order chi connectivity index (χ1) is 16.1. The fourth-order valence-electron chi connectivity index (χ4n) is 3.51. The first-order valence-corrected chi connectivity index (χ1v) is 10.9. The summed E-state index contributed by atoms with van der Waals surface area (Å²) in [6.07, 6.45) is 3.42. The van der Waals surface area contributed by atoms with Gasteiger partial charge in [-0.25, -0.2) is 4.98 Å². The Bertz CT molecular complexity index is 1060. The summed E-state index contributed by atoms with van der Waals surface area (Å²) in [5.74, 6) is 1.60. The summed E-state index contributed by atoms with van der Waals surface area (Å²) in [6.45, 7) is 11.8. The number of pyridine rings is 1. The zero-order valence-corrected chi connectivity index (χ0v) is 19.6. The monoisotopic (exact) mass is 448 g/mol. The molecular weight excluding hydrogens is 416 g/mol. The molecule has 1 aromatic carbocycles. The minimum atomic E-state index is 0.273. The van der Waals surface area contributed by atoms with Crippen LogP contribution in [-0.4, -0.2) is 41.5 Å². The Labute approximate surface area is 195 Å². The molecule has 8 nitrogen and oxygen atoms in total. The second-order valence-electron chi connectivity index (χ2n) is 7.42. The van der Waals surface area contributed by atoms with Gasteiger partial charge in [-0.3, -0.25) is 4.98 Å². The van der Waals surface area contributed by atoms with Gasteiger partial charge in [0.1, 0.15) is 18.3 Å². The van der Waals surface area contributed by atoms with Crippen LogP contribution in [0.4, 0.5) is 5.82 Å². The number of hydrogen-bond donors (Lipinski definition) is 2. The number of rotatable bonds is 11. The molecule has 8 heteroatoms. The SMILES string of the molecule is C=C(NC)c1c(NCCCN=O)nc(-c2ccccc2CC)n1Cc1ccc(C)cn1.C=O. The number of nitrogens with zero attached hydrogens (tertiary/aromatic N) is 4. The molecule has 0 saturated carbocycles. The molecule has 2 aromatic heterocycles. The van der Waals surface area contributed by atoms with E-state index in [0.717, 1.165) is 46.3 Å². The molecule has 0 radical (unpaired) electrons. The molecule has 0 aliphatic carbocycles. The molecule has 0 saturated heterocycles. The summed E-state index contributed by atoms with van der Waals surface area (Å²) < 4.78 is 2.16. The van der Waals surface area contributed by atoms with Crippen LogP contribution < -0.4 is 10.6 Å². The standard InChI is InChI=1S/C24H30N6O.CH2O/c1-5-19-9-6-7-10-21(19)24-29-23(26-13-8-14-28-31)22(18(3)25-4)30(24)16-20-12-11-17(2)15-27-20;1-2/h6-7,9-12,15,25-26H,3,5,8,13-14,16H2,1-2,4H3;1H2. The highest BCUT2D eigenvalue weighted by molar-refractivity contribution is 5.75. The summed E-state index contributed by atoms with van der Waals surface area (Å²) >= 11 is 0. The predicted molar refractivity (Wildman–Crippen MR) is 134 cm³/mol. The molecule has 0 amide bonds. The van der Waals surface area contributed by atoms with Gasteiger partial charge in [-0.15, -0.1) is 0 Å². The molecule has 0 aliphatic rings. The zero-order valence-electron chi connectivity index (χ0n) is 19.6. The Morgan fingerprint density at radius 2 is 1.94 bits per heavy atom. The molecule has 2 N–H and O–H groups in total. The maximum atomic E-state index is 10.5. The number of nitrogens with one attached hydrogen (secondary N) is 2. The minimum Gasteiger partial charge on any atom is -0.387 e. The molecule has 0 atom stereocenters. The minimum absolute atomic E-state index is 0.273. The summed E-state index contributed by atoms with van der Waals surface area (Å²) in [6, 6.07) is 12.4. The summed E-state index contributed by atoms with van der Waals surface area (Å²) in [5.41, 5.74) is 6.02. The lowest BCUT2D eigenvalue weighted by Crippen LogP contribution is -2.14. The van der Waals surface area contributed by atoms with Crippen LogP contribution in [0.1, 0.15) is 35.9 Å². The van der Waals surface area contributed by atoms with E-state index >= 15 is 0 Å². The molecule has 0 fully saturated rings. The van der Waals surface area contributed by atoms with Crippen LogP contribution in [0.3, 0.4) is 0 Å². The molecule has 0 unspecified atom stereocenters. The van der Waals surface area contributed by atoms with Crippen LogP contribution in [0, 0.1) is 11.8 Å². The van der Waals surface area contributed by atoms with E-state index < -0.39 is 0 Å². The molecule has 174 valence electrons. The fraction of sp³-hybridized carbons (Fsp3) is 0.320. The third-order valence-corrected chi connectivity index (χ3v) is 5.21. The smallest absolute Gasteiger partial charge is 0.154 e. The highest BCUT2D eigenvalue weighted by Crippen LogP contribution is 2.32. The van der Waals surface area contributed by atoms with Crippen molar-refractivity contribution < 1.29 is 4.79 Å². The lowest BCUT2D eigenvalue weighted by Gasteiger charge is -2.16. The Hall–Kier alpha value is -3.81. The van der Waals surface area contributed by atoms with Crippen molar-refractivity contribution in [2.45, 2.75) is 33.2 Å². The van der Waals surface area contributed by atoms with Crippen molar-refractivity contribution in [2.24, 2.45) is 5.18 Å². The van der Waals surface area contributed by atoms with Crippen molar-refractivity contribution >= 4 is 18.3 Å². The number of anilines is 1. The van der Waals surface area contributed by atoms with E-state index in [1.165, 1.54) is 5.56 Å².